The number of hydrogen-bond acceptors (Lipinski definition) is 5. The average Bonchev–Trinajstić information content (AvgIpc) is 3.37. The molecule has 3 aromatic rings. The quantitative estimate of drug-likeness (QED) is 0.371. The third kappa shape index (κ3) is 5.13. The third-order valence-corrected chi connectivity index (χ3v) is 7.47. The summed E-state index contributed by atoms with van der Waals surface area (Å²) < 4.78 is 16.1. The van der Waals surface area contributed by atoms with E-state index in [2.05, 4.69) is 27.3 Å². The van der Waals surface area contributed by atoms with Crippen molar-refractivity contribution in [3.63, 3.8) is 0 Å². The van der Waals surface area contributed by atoms with E-state index in [1.165, 1.54) is 0 Å². The lowest BCUT2D eigenvalue weighted by Crippen LogP contribution is -2.43. The fourth-order valence-corrected chi connectivity index (χ4v) is 5.78. The van der Waals surface area contributed by atoms with Crippen molar-refractivity contribution >= 4 is 44.6 Å². The molecule has 2 aromatic carbocycles. The molecule has 33 heavy (non-hydrogen) atoms. The number of carbonyl (C=O) groups is 1. The Kier molecular flexibility index (Phi) is 6.61. The Morgan fingerprint density at radius 3 is 2.82 bits per heavy atom. The van der Waals surface area contributed by atoms with Gasteiger partial charge in [-0.15, -0.1) is 11.3 Å². The van der Waals surface area contributed by atoms with E-state index in [4.69, 9.17) is 0 Å². The molecule has 0 amide bonds. The van der Waals surface area contributed by atoms with E-state index in [1.807, 2.05) is 38.1 Å². The van der Waals surface area contributed by atoms with Gasteiger partial charge in [-0.3, -0.25) is 4.79 Å². The molecule has 1 aliphatic rings. The van der Waals surface area contributed by atoms with Gasteiger partial charge < -0.3 is 15.3 Å². The number of aryl methyl sites for hydroxylation is 1. The molecular weight excluding hydrogens is 437 g/mol. The second-order valence-corrected chi connectivity index (χ2v) is 10.7. The number of thiazole rings is 1. The summed E-state index contributed by atoms with van der Waals surface area (Å²) >= 11 is 1.65. The Bertz CT molecular complexity index is 1150. The van der Waals surface area contributed by atoms with Gasteiger partial charge in [0.15, 0.2) is 0 Å². The monoisotopic (exact) mass is 469 g/mol. The van der Waals surface area contributed by atoms with Crippen LogP contribution in [0.1, 0.15) is 62.9 Å². The van der Waals surface area contributed by atoms with E-state index in [0.717, 1.165) is 63.7 Å². The van der Waals surface area contributed by atoms with E-state index in [9.17, 15) is 9.90 Å². The third-order valence-electron chi connectivity index (χ3n) is 6.53. The fraction of sp³-hybridized carbons (Fsp3) is 0.462. The number of carboxylic acids is 1. The second-order valence-electron chi connectivity index (χ2n) is 9.44. The maximum atomic E-state index is 15.0. The molecule has 0 radical (unpaired) electrons. The van der Waals surface area contributed by atoms with E-state index in [0.29, 0.717) is 0 Å². The van der Waals surface area contributed by atoms with E-state index < -0.39 is 11.6 Å². The van der Waals surface area contributed by atoms with Gasteiger partial charge in [-0.25, -0.2) is 9.37 Å². The molecule has 0 bridgehead atoms. The zero-order chi connectivity index (χ0) is 23.8. The standard InChI is InChI=1S/C26H32FN3O2S/c1-5-17(14-25(31)32)18-8-11-22(30-12-6-7-24(30)26(3,4)27)21(13-18)29-19-9-10-20-23(15-19)33-16(2)28-20/h8-11,13,15,17,24,29H,5-7,12,14H2,1-4H3,(H,31,32)/t17?,24-/m0/s1. The van der Waals surface area contributed by atoms with Gasteiger partial charge in [0.1, 0.15) is 5.67 Å². The van der Waals surface area contributed by atoms with E-state index >= 15 is 4.39 Å². The van der Waals surface area contributed by atoms with Gasteiger partial charge in [-0.1, -0.05) is 13.0 Å². The van der Waals surface area contributed by atoms with Gasteiger partial charge in [0, 0.05) is 12.2 Å². The van der Waals surface area contributed by atoms with Crippen LogP contribution in [0.5, 0.6) is 0 Å². The second kappa shape index (κ2) is 9.29. The van der Waals surface area contributed by atoms with Crippen LogP contribution in [0.4, 0.5) is 21.5 Å². The highest BCUT2D eigenvalue weighted by Crippen LogP contribution is 2.40. The molecule has 1 unspecified atom stereocenters. The van der Waals surface area contributed by atoms with Gasteiger partial charge >= 0.3 is 5.97 Å². The molecule has 176 valence electrons. The number of nitrogens with zero attached hydrogens (tertiary/aromatic N) is 2. The van der Waals surface area contributed by atoms with Crippen molar-refractivity contribution in [1.82, 2.24) is 4.98 Å². The Hall–Kier alpha value is -2.67. The SMILES string of the molecule is CCC(CC(=O)O)c1ccc(N2CCC[C@H]2C(C)(C)F)c(Nc2ccc3nc(C)sc3c2)c1. The molecule has 2 N–H and O–H groups in total. The highest BCUT2D eigenvalue weighted by molar-refractivity contribution is 7.18. The summed E-state index contributed by atoms with van der Waals surface area (Å²) in [5, 5.41) is 13.9. The van der Waals surface area contributed by atoms with E-state index in [1.54, 1.807) is 25.2 Å². The summed E-state index contributed by atoms with van der Waals surface area (Å²) in [7, 11) is 0. The van der Waals surface area contributed by atoms with Gasteiger partial charge in [0.2, 0.25) is 0 Å². The number of fused-ring (bicyclic) bond motifs is 1. The van der Waals surface area contributed by atoms with Gasteiger partial charge in [-0.2, -0.15) is 0 Å². The molecule has 2 atom stereocenters. The molecule has 7 heteroatoms. The van der Waals surface area contributed by atoms with Crippen LogP contribution in [0, 0.1) is 6.92 Å². The van der Waals surface area contributed by atoms with Crippen LogP contribution < -0.4 is 10.2 Å². The Balaban J connectivity index is 1.75. The van der Waals surface area contributed by atoms with Crippen LogP contribution in [-0.4, -0.2) is 34.3 Å². The van der Waals surface area contributed by atoms with Crippen LogP contribution in [-0.2, 0) is 4.79 Å². The number of anilines is 3. The van der Waals surface area contributed by atoms with Crippen LogP contribution in [0.3, 0.4) is 0 Å². The molecule has 0 spiro atoms. The molecular formula is C26H32FN3O2S. The Morgan fingerprint density at radius 2 is 2.12 bits per heavy atom. The normalized spacial score (nSPS) is 17.5. The first kappa shape index (κ1) is 23.5. The predicted molar refractivity (Wildman–Crippen MR) is 135 cm³/mol. The number of carboxylic acid groups (broad SMARTS) is 1. The minimum absolute atomic E-state index is 0.0734. The van der Waals surface area contributed by atoms with Crippen molar-refractivity contribution in [3.05, 3.63) is 47.0 Å². The first-order valence-electron chi connectivity index (χ1n) is 11.6. The van der Waals surface area contributed by atoms with Crippen LogP contribution in [0.2, 0.25) is 0 Å². The maximum absolute atomic E-state index is 15.0. The summed E-state index contributed by atoms with van der Waals surface area (Å²) in [6.07, 6.45) is 2.58. The Labute approximate surface area is 198 Å². The minimum Gasteiger partial charge on any atom is -0.481 e. The highest BCUT2D eigenvalue weighted by atomic mass is 32.1. The molecule has 0 aliphatic carbocycles. The number of benzene rings is 2. The zero-order valence-corrected chi connectivity index (χ0v) is 20.5. The van der Waals surface area contributed by atoms with Crippen LogP contribution in [0.15, 0.2) is 36.4 Å². The maximum Gasteiger partial charge on any atom is 0.303 e. The Morgan fingerprint density at radius 1 is 1.33 bits per heavy atom. The van der Waals surface area contributed by atoms with Crippen molar-refractivity contribution in [2.24, 2.45) is 0 Å². The number of alkyl halides is 1. The molecule has 1 aliphatic heterocycles. The molecule has 4 rings (SSSR count). The van der Waals surface area contributed by atoms with Crippen molar-refractivity contribution in [1.29, 1.82) is 0 Å². The minimum atomic E-state index is -1.32. The van der Waals surface area contributed by atoms with Crippen molar-refractivity contribution < 1.29 is 14.3 Å². The number of aromatic nitrogens is 1. The first-order valence-corrected chi connectivity index (χ1v) is 12.4. The number of nitrogens with one attached hydrogen (secondary N) is 1. The molecule has 0 saturated carbocycles. The number of halogens is 1. The lowest BCUT2D eigenvalue weighted by molar-refractivity contribution is -0.137. The first-order chi connectivity index (χ1) is 15.7. The van der Waals surface area contributed by atoms with Gasteiger partial charge in [0.25, 0.3) is 0 Å². The summed E-state index contributed by atoms with van der Waals surface area (Å²) in [6, 6.07) is 12.0. The molecule has 1 fully saturated rings. The lowest BCUT2D eigenvalue weighted by Gasteiger charge is -2.35. The number of aliphatic carboxylic acids is 1. The molecule has 2 heterocycles. The predicted octanol–water partition coefficient (Wildman–Crippen LogP) is 7.03. The van der Waals surface area contributed by atoms with Crippen LogP contribution in [0.25, 0.3) is 10.2 Å². The summed E-state index contributed by atoms with van der Waals surface area (Å²) in [5.41, 5.74) is 3.41. The molecule has 1 aromatic heterocycles. The summed E-state index contributed by atoms with van der Waals surface area (Å²) in [4.78, 5) is 18.1. The lowest BCUT2D eigenvalue weighted by atomic mass is 9.92. The van der Waals surface area contributed by atoms with Crippen LogP contribution >= 0.6 is 11.3 Å². The van der Waals surface area contributed by atoms with Crippen molar-refractivity contribution in [2.45, 2.75) is 71.0 Å². The smallest absolute Gasteiger partial charge is 0.303 e. The summed E-state index contributed by atoms with van der Waals surface area (Å²) in [5.74, 6) is -0.874. The number of hydrogen-bond donors (Lipinski definition) is 2. The largest absolute Gasteiger partial charge is 0.481 e. The van der Waals surface area contributed by atoms with Crippen molar-refractivity contribution in [2.75, 3.05) is 16.8 Å². The topological polar surface area (TPSA) is 65.5 Å². The highest BCUT2D eigenvalue weighted by Gasteiger charge is 2.38. The van der Waals surface area contributed by atoms with E-state index in [-0.39, 0.29) is 18.4 Å². The molecule has 1 saturated heterocycles. The average molecular weight is 470 g/mol. The zero-order valence-electron chi connectivity index (χ0n) is 19.7. The van der Waals surface area contributed by atoms with Gasteiger partial charge in [-0.05, 0) is 81.8 Å². The fourth-order valence-electron chi connectivity index (χ4n) is 4.91. The van der Waals surface area contributed by atoms with Crippen molar-refractivity contribution in [3.8, 4) is 0 Å². The summed E-state index contributed by atoms with van der Waals surface area (Å²) in [6.45, 7) is 8.11. The molecule has 5 nitrogen and oxygen atoms in total. The number of rotatable bonds is 8. The van der Waals surface area contributed by atoms with Gasteiger partial charge in [0.05, 0.1) is 39.1 Å².